The molecule has 1 aliphatic heterocycles. The van der Waals surface area contributed by atoms with Gasteiger partial charge in [0.15, 0.2) is 5.65 Å². The van der Waals surface area contributed by atoms with Gasteiger partial charge in [0.1, 0.15) is 17.7 Å². The predicted octanol–water partition coefficient (Wildman–Crippen LogP) is 0.742. The van der Waals surface area contributed by atoms with Crippen molar-refractivity contribution in [2.45, 2.75) is 52.2 Å². The van der Waals surface area contributed by atoms with Crippen LogP contribution >= 0.6 is 0 Å². The van der Waals surface area contributed by atoms with E-state index in [1.807, 2.05) is 13.8 Å². The summed E-state index contributed by atoms with van der Waals surface area (Å²) in [5, 5.41) is 2.98. The molecule has 1 saturated heterocycles. The third kappa shape index (κ3) is 4.34. The summed E-state index contributed by atoms with van der Waals surface area (Å²) < 4.78 is 13.5. The van der Waals surface area contributed by atoms with Crippen LogP contribution in [0.5, 0.6) is 5.75 Å². The summed E-state index contributed by atoms with van der Waals surface area (Å²) in [6.07, 6.45) is 5.05. The van der Waals surface area contributed by atoms with E-state index >= 15 is 0 Å². The maximum absolute atomic E-state index is 13.2. The van der Waals surface area contributed by atoms with Crippen LogP contribution in [0.3, 0.4) is 0 Å². The molecule has 0 bridgehead atoms. The van der Waals surface area contributed by atoms with Gasteiger partial charge in [-0.15, -0.1) is 0 Å². The van der Waals surface area contributed by atoms with Crippen molar-refractivity contribution in [1.82, 2.24) is 19.4 Å². The van der Waals surface area contributed by atoms with Crippen molar-refractivity contribution < 1.29 is 14.3 Å². The van der Waals surface area contributed by atoms with E-state index in [1.165, 1.54) is 11.6 Å². The first-order chi connectivity index (χ1) is 14.0. The number of nitrogens with zero attached hydrogens (tertiary/aromatic N) is 3. The SMILES string of the molecule is CCCc1cnc2c(c1OCC)c(=O)n(CC(=O)NCC1CCCO1)c(=O)n2C. The van der Waals surface area contributed by atoms with Crippen LogP contribution in [0, 0.1) is 0 Å². The molecule has 0 radical (unpaired) electrons. The predicted molar refractivity (Wildman–Crippen MR) is 108 cm³/mol. The summed E-state index contributed by atoms with van der Waals surface area (Å²) in [6.45, 7) is 4.93. The lowest BCUT2D eigenvalue weighted by molar-refractivity contribution is -0.122. The molecule has 0 saturated carbocycles. The molecule has 1 N–H and O–H groups in total. The highest BCUT2D eigenvalue weighted by molar-refractivity contribution is 5.83. The van der Waals surface area contributed by atoms with Gasteiger partial charge < -0.3 is 14.8 Å². The van der Waals surface area contributed by atoms with Gasteiger partial charge in [-0.3, -0.25) is 14.2 Å². The molecule has 2 aromatic rings. The van der Waals surface area contributed by atoms with Crippen LogP contribution in [0.25, 0.3) is 11.0 Å². The highest BCUT2D eigenvalue weighted by Crippen LogP contribution is 2.26. The minimum Gasteiger partial charge on any atom is -0.493 e. The minimum atomic E-state index is -0.590. The van der Waals surface area contributed by atoms with Gasteiger partial charge in [-0.25, -0.2) is 14.3 Å². The van der Waals surface area contributed by atoms with Gasteiger partial charge in [0, 0.05) is 32.0 Å². The molecule has 1 unspecified atom stereocenters. The number of ether oxygens (including phenoxy) is 2. The van der Waals surface area contributed by atoms with Crippen molar-refractivity contribution in [2.75, 3.05) is 19.8 Å². The second-order valence-corrected chi connectivity index (χ2v) is 7.17. The number of aromatic nitrogens is 3. The molecular formula is C20H28N4O5. The zero-order chi connectivity index (χ0) is 21.0. The first-order valence-corrected chi connectivity index (χ1v) is 10.1. The quantitative estimate of drug-likeness (QED) is 0.696. The average Bonchev–Trinajstić information content (AvgIpc) is 3.23. The van der Waals surface area contributed by atoms with E-state index in [0.29, 0.717) is 31.9 Å². The number of hydrogen-bond acceptors (Lipinski definition) is 6. The molecule has 3 rings (SSSR count). The monoisotopic (exact) mass is 404 g/mol. The Balaban J connectivity index is 2.00. The summed E-state index contributed by atoms with van der Waals surface area (Å²) in [7, 11) is 1.53. The third-order valence-electron chi connectivity index (χ3n) is 5.04. The molecule has 2 aromatic heterocycles. The Labute approximate surface area is 168 Å². The minimum absolute atomic E-state index is 0.0135. The number of nitrogens with one attached hydrogen (secondary N) is 1. The van der Waals surface area contributed by atoms with E-state index < -0.39 is 17.2 Å². The van der Waals surface area contributed by atoms with E-state index in [4.69, 9.17) is 9.47 Å². The summed E-state index contributed by atoms with van der Waals surface area (Å²) in [5.41, 5.74) is -0.0940. The highest BCUT2D eigenvalue weighted by atomic mass is 16.5. The van der Waals surface area contributed by atoms with Crippen molar-refractivity contribution in [1.29, 1.82) is 0 Å². The lowest BCUT2D eigenvalue weighted by Crippen LogP contribution is -2.44. The van der Waals surface area contributed by atoms with E-state index in [1.54, 1.807) is 6.20 Å². The molecule has 3 heterocycles. The van der Waals surface area contributed by atoms with Crippen molar-refractivity contribution in [2.24, 2.45) is 7.05 Å². The largest absolute Gasteiger partial charge is 0.493 e. The summed E-state index contributed by atoms with van der Waals surface area (Å²) >= 11 is 0. The first kappa shape index (κ1) is 21.0. The van der Waals surface area contributed by atoms with Gasteiger partial charge in [-0.1, -0.05) is 13.3 Å². The molecule has 0 aromatic carbocycles. The maximum atomic E-state index is 13.2. The van der Waals surface area contributed by atoms with Gasteiger partial charge in [0.05, 0.1) is 12.7 Å². The van der Waals surface area contributed by atoms with Gasteiger partial charge in [-0.05, 0) is 26.2 Å². The van der Waals surface area contributed by atoms with Gasteiger partial charge in [0.25, 0.3) is 5.56 Å². The van der Waals surface area contributed by atoms with E-state index in [9.17, 15) is 14.4 Å². The van der Waals surface area contributed by atoms with Crippen LogP contribution in [0.1, 0.15) is 38.7 Å². The van der Waals surface area contributed by atoms with Crippen LogP contribution in [-0.2, 0) is 29.5 Å². The number of hydrogen-bond donors (Lipinski definition) is 1. The standard InChI is InChI=1S/C20H28N4O5/c1-4-7-13-10-22-18-16(17(13)28-5-2)19(26)24(20(27)23(18)3)12-15(25)21-11-14-8-6-9-29-14/h10,14H,4-9,11-12H2,1-3H3,(H,21,25). The molecule has 0 aliphatic carbocycles. The number of carbonyl (C=O) groups is 1. The molecule has 9 nitrogen and oxygen atoms in total. The molecule has 29 heavy (non-hydrogen) atoms. The van der Waals surface area contributed by atoms with Crippen molar-refractivity contribution in [3.8, 4) is 5.75 Å². The number of amides is 1. The Bertz CT molecular complexity index is 1000. The van der Waals surface area contributed by atoms with Crippen LogP contribution in [0.2, 0.25) is 0 Å². The van der Waals surface area contributed by atoms with E-state index in [2.05, 4.69) is 10.3 Å². The molecule has 1 amide bonds. The zero-order valence-electron chi connectivity index (χ0n) is 17.2. The van der Waals surface area contributed by atoms with E-state index in [-0.39, 0.29) is 23.7 Å². The fourth-order valence-electron chi connectivity index (χ4n) is 3.59. The normalized spacial score (nSPS) is 16.3. The Hall–Kier alpha value is -2.68. The van der Waals surface area contributed by atoms with Crippen LogP contribution in [-0.4, -0.2) is 45.9 Å². The number of fused-ring (bicyclic) bond motifs is 1. The van der Waals surface area contributed by atoms with Crippen molar-refractivity contribution in [3.05, 3.63) is 32.6 Å². The average molecular weight is 404 g/mol. The lowest BCUT2D eigenvalue weighted by atomic mass is 10.1. The smallest absolute Gasteiger partial charge is 0.332 e. The number of aryl methyl sites for hydroxylation is 2. The molecule has 158 valence electrons. The number of pyridine rings is 1. The Morgan fingerprint density at radius 1 is 1.38 bits per heavy atom. The van der Waals surface area contributed by atoms with Crippen LogP contribution in [0.4, 0.5) is 0 Å². The molecular weight excluding hydrogens is 376 g/mol. The molecule has 1 aliphatic rings. The molecule has 1 atom stereocenters. The summed E-state index contributed by atoms with van der Waals surface area (Å²) in [5.74, 6) is 0.0307. The molecule has 0 spiro atoms. The third-order valence-corrected chi connectivity index (χ3v) is 5.04. The Kier molecular flexibility index (Phi) is 6.68. The second kappa shape index (κ2) is 9.21. The summed E-state index contributed by atoms with van der Waals surface area (Å²) in [6, 6.07) is 0. The van der Waals surface area contributed by atoms with Crippen LogP contribution in [0.15, 0.2) is 15.8 Å². The van der Waals surface area contributed by atoms with Crippen LogP contribution < -0.4 is 21.3 Å². The first-order valence-electron chi connectivity index (χ1n) is 10.1. The van der Waals surface area contributed by atoms with E-state index in [0.717, 1.165) is 29.4 Å². The molecule has 9 heteroatoms. The fourth-order valence-corrected chi connectivity index (χ4v) is 3.59. The lowest BCUT2D eigenvalue weighted by Gasteiger charge is -2.16. The maximum Gasteiger partial charge on any atom is 0.332 e. The fraction of sp³-hybridized carbons (Fsp3) is 0.600. The van der Waals surface area contributed by atoms with Gasteiger partial charge in [-0.2, -0.15) is 0 Å². The van der Waals surface area contributed by atoms with Crippen molar-refractivity contribution >= 4 is 16.9 Å². The van der Waals surface area contributed by atoms with Gasteiger partial charge in [0.2, 0.25) is 5.91 Å². The highest BCUT2D eigenvalue weighted by Gasteiger charge is 2.21. The molecule has 1 fully saturated rings. The summed E-state index contributed by atoms with van der Waals surface area (Å²) in [4.78, 5) is 42.6. The second-order valence-electron chi connectivity index (χ2n) is 7.17. The topological polar surface area (TPSA) is 104 Å². The Morgan fingerprint density at radius 3 is 2.83 bits per heavy atom. The van der Waals surface area contributed by atoms with Gasteiger partial charge >= 0.3 is 5.69 Å². The zero-order valence-corrected chi connectivity index (χ0v) is 17.2. The number of carbonyl (C=O) groups excluding carboxylic acids is 1. The number of rotatable bonds is 8. The van der Waals surface area contributed by atoms with Crippen molar-refractivity contribution in [3.63, 3.8) is 0 Å². The Morgan fingerprint density at radius 2 is 2.17 bits per heavy atom.